The molecule has 10 heteroatoms. The molecule has 0 spiro atoms. The average Bonchev–Trinajstić information content (AvgIpc) is 3.23. The van der Waals surface area contributed by atoms with E-state index in [4.69, 9.17) is 29.2 Å². The summed E-state index contributed by atoms with van der Waals surface area (Å²) in [5, 5.41) is 21.1. The Morgan fingerprint density at radius 3 is 1.70 bits per heavy atom. The van der Waals surface area contributed by atoms with E-state index in [-0.39, 0.29) is 42.5 Å². The molecule has 10 nitrogen and oxygen atoms in total. The number of rotatable bonds is 17. The van der Waals surface area contributed by atoms with Crippen LogP contribution in [0.5, 0.6) is 11.5 Å². The molecule has 0 saturated heterocycles. The SMILES string of the molecule is C=C(C)C(=O)OCC(O)COCCCCCC(=O)Oc1ccc(-c2nc(-c3ccc(-c4ccccc4)cc3)nc(-c3ccc(-c4ccccc4)cc3)n2)c(O)c1. The molecule has 0 saturated carbocycles. The van der Waals surface area contributed by atoms with Crippen molar-refractivity contribution >= 4 is 11.9 Å². The first-order valence-electron chi connectivity index (χ1n) is 18.4. The number of carbonyl (C=O) groups is 2. The number of aromatic hydroxyl groups is 1. The van der Waals surface area contributed by atoms with Crippen molar-refractivity contribution in [2.75, 3.05) is 19.8 Å². The number of hydrogen-bond acceptors (Lipinski definition) is 10. The van der Waals surface area contributed by atoms with Crippen molar-refractivity contribution in [1.29, 1.82) is 0 Å². The predicted octanol–water partition coefficient (Wildman–Crippen LogP) is 8.87. The molecule has 6 aromatic rings. The van der Waals surface area contributed by atoms with Gasteiger partial charge in [-0.2, -0.15) is 0 Å². The van der Waals surface area contributed by atoms with Crippen molar-refractivity contribution in [3.63, 3.8) is 0 Å². The van der Waals surface area contributed by atoms with Gasteiger partial charge in [0.1, 0.15) is 24.2 Å². The summed E-state index contributed by atoms with van der Waals surface area (Å²) in [4.78, 5) is 38.5. The lowest BCUT2D eigenvalue weighted by Gasteiger charge is -2.12. The van der Waals surface area contributed by atoms with Gasteiger partial charge in [0.15, 0.2) is 17.5 Å². The topological polar surface area (TPSA) is 141 Å². The normalized spacial score (nSPS) is 11.5. The maximum Gasteiger partial charge on any atom is 0.333 e. The molecule has 5 aromatic carbocycles. The molecule has 0 aliphatic carbocycles. The van der Waals surface area contributed by atoms with Gasteiger partial charge >= 0.3 is 11.9 Å². The van der Waals surface area contributed by atoms with Crippen molar-refractivity contribution in [3.05, 3.63) is 140 Å². The van der Waals surface area contributed by atoms with Crippen LogP contribution >= 0.6 is 0 Å². The molecule has 6 rings (SSSR count). The molecule has 0 amide bonds. The number of carbonyl (C=O) groups excluding carboxylic acids is 2. The number of hydrogen-bond donors (Lipinski definition) is 2. The maximum atomic E-state index is 12.6. The molecule has 1 atom stereocenters. The summed E-state index contributed by atoms with van der Waals surface area (Å²) in [7, 11) is 0. The average molecular weight is 750 g/mol. The quantitative estimate of drug-likeness (QED) is 0.0402. The van der Waals surface area contributed by atoms with Gasteiger partial charge in [-0.3, -0.25) is 4.79 Å². The van der Waals surface area contributed by atoms with Crippen LogP contribution in [0, 0.1) is 0 Å². The van der Waals surface area contributed by atoms with E-state index < -0.39 is 18.0 Å². The van der Waals surface area contributed by atoms with Crippen LogP contribution in [0.3, 0.4) is 0 Å². The van der Waals surface area contributed by atoms with Gasteiger partial charge in [0.05, 0.1) is 12.2 Å². The monoisotopic (exact) mass is 749 g/mol. The third kappa shape index (κ3) is 10.8. The molecule has 284 valence electrons. The zero-order chi connectivity index (χ0) is 39.3. The van der Waals surface area contributed by atoms with Gasteiger partial charge in [0.25, 0.3) is 0 Å². The number of nitrogens with zero attached hydrogens (tertiary/aromatic N) is 3. The van der Waals surface area contributed by atoms with Gasteiger partial charge in [-0.05, 0) is 54.2 Å². The smallest absolute Gasteiger partial charge is 0.333 e. The highest BCUT2D eigenvalue weighted by atomic mass is 16.5. The van der Waals surface area contributed by atoms with Crippen molar-refractivity contribution in [1.82, 2.24) is 15.0 Å². The van der Waals surface area contributed by atoms with E-state index in [1.807, 2.05) is 84.9 Å². The number of phenolic OH excluding ortho intramolecular Hbond substituents is 1. The van der Waals surface area contributed by atoms with Crippen LogP contribution in [0.2, 0.25) is 0 Å². The Bertz CT molecular complexity index is 2140. The van der Waals surface area contributed by atoms with Crippen LogP contribution < -0.4 is 4.74 Å². The fourth-order valence-corrected chi connectivity index (χ4v) is 5.80. The van der Waals surface area contributed by atoms with Gasteiger partial charge in [0.2, 0.25) is 0 Å². The summed E-state index contributed by atoms with van der Waals surface area (Å²) in [5.74, 6) is 0.206. The predicted molar refractivity (Wildman–Crippen MR) is 215 cm³/mol. The van der Waals surface area contributed by atoms with Crippen molar-refractivity contribution < 1.29 is 34.0 Å². The molecule has 0 bridgehead atoms. The summed E-state index contributed by atoms with van der Waals surface area (Å²) >= 11 is 0. The Labute approximate surface area is 326 Å². The lowest BCUT2D eigenvalue weighted by atomic mass is 10.0. The van der Waals surface area contributed by atoms with Gasteiger partial charge in [-0.15, -0.1) is 0 Å². The highest BCUT2D eigenvalue weighted by Crippen LogP contribution is 2.34. The number of benzene rings is 5. The van der Waals surface area contributed by atoms with Gasteiger partial charge < -0.3 is 24.4 Å². The number of esters is 2. The minimum atomic E-state index is -0.930. The lowest BCUT2D eigenvalue weighted by Crippen LogP contribution is -2.24. The van der Waals surface area contributed by atoms with Crippen molar-refractivity contribution in [2.45, 2.75) is 38.7 Å². The van der Waals surface area contributed by atoms with E-state index in [1.54, 1.807) is 12.1 Å². The summed E-state index contributed by atoms with van der Waals surface area (Å²) in [5.41, 5.74) is 6.50. The van der Waals surface area contributed by atoms with Crippen LogP contribution in [-0.2, 0) is 19.1 Å². The minimum absolute atomic E-state index is 0.0296. The molecule has 0 fully saturated rings. The second-order valence-electron chi connectivity index (χ2n) is 13.3. The highest BCUT2D eigenvalue weighted by molar-refractivity contribution is 5.87. The Balaban J connectivity index is 1.11. The lowest BCUT2D eigenvalue weighted by molar-refractivity contribution is -0.143. The maximum absolute atomic E-state index is 12.6. The molecule has 2 N–H and O–H groups in total. The Morgan fingerprint density at radius 1 is 0.643 bits per heavy atom. The number of phenols is 1. The number of unbranched alkanes of at least 4 members (excludes halogenated alkanes) is 2. The summed E-state index contributed by atoms with van der Waals surface area (Å²) in [6.45, 7) is 5.27. The number of aliphatic hydroxyl groups excluding tert-OH is 1. The first kappa shape index (κ1) is 39.2. The van der Waals surface area contributed by atoms with E-state index in [9.17, 15) is 19.8 Å². The van der Waals surface area contributed by atoms with Gasteiger partial charge in [-0.1, -0.05) is 122 Å². The van der Waals surface area contributed by atoms with Gasteiger partial charge in [-0.25, -0.2) is 19.7 Å². The fraction of sp³-hybridized carbons (Fsp3) is 0.196. The van der Waals surface area contributed by atoms with Crippen molar-refractivity contribution in [3.8, 4) is 67.9 Å². The van der Waals surface area contributed by atoms with Gasteiger partial charge in [0, 0.05) is 35.8 Å². The first-order chi connectivity index (χ1) is 27.2. The number of aliphatic hydroxyl groups is 1. The van der Waals surface area contributed by atoms with E-state index in [0.29, 0.717) is 43.1 Å². The summed E-state index contributed by atoms with van der Waals surface area (Å²) in [6, 6.07) is 40.8. The Kier molecular flexibility index (Phi) is 13.4. The summed E-state index contributed by atoms with van der Waals surface area (Å²) < 4.78 is 15.9. The standard InChI is InChI=1S/C46H43N3O7/c1-31(2)46(53)55-30-38(50)29-54-27-11-5-10-16-42(52)56-39-25-26-40(41(51)28-39)45-48-43(36-21-17-34(18-22-36)32-12-6-3-7-13-32)47-44(49-45)37-23-19-35(20-24-37)33-14-8-4-9-15-33/h3-4,6-9,12-15,17-26,28,38,50-51H,1,5,10-11,16,27,29-30H2,2H3. The molecule has 56 heavy (non-hydrogen) atoms. The Hall–Kier alpha value is -6.49. The highest BCUT2D eigenvalue weighted by Gasteiger charge is 2.17. The van der Waals surface area contributed by atoms with Crippen molar-refractivity contribution in [2.24, 2.45) is 0 Å². The molecule has 1 heterocycles. The number of aromatic nitrogens is 3. The van der Waals surface area contributed by atoms with Crippen LogP contribution in [0.1, 0.15) is 32.6 Å². The molecule has 0 radical (unpaired) electrons. The third-order valence-corrected chi connectivity index (χ3v) is 8.81. The molecule has 0 aliphatic rings. The molecule has 1 unspecified atom stereocenters. The molecule has 0 aliphatic heterocycles. The van der Waals surface area contributed by atoms with E-state index >= 15 is 0 Å². The minimum Gasteiger partial charge on any atom is -0.507 e. The second-order valence-corrected chi connectivity index (χ2v) is 13.3. The first-order valence-corrected chi connectivity index (χ1v) is 18.4. The Morgan fingerprint density at radius 2 is 1.16 bits per heavy atom. The van der Waals surface area contributed by atoms with Crippen LogP contribution in [-0.4, -0.2) is 63.0 Å². The fourth-order valence-electron chi connectivity index (χ4n) is 5.80. The second kappa shape index (κ2) is 19.2. The van der Waals surface area contributed by atoms with E-state index in [1.165, 1.54) is 13.0 Å². The van der Waals surface area contributed by atoms with E-state index in [2.05, 4.69) is 30.8 Å². The van der Waals surface area contributed by atoms with Crippen LogP contribution in [0.15, 0.2) is 140 Å². The molecular formula is C46H43N3O7. The summed E-state index contributed by atoms with van der Waals surface area (Å²) in [6.07, 6.45) is 1.19. The molecule has 1 aromatic heterocycles. The number of ether oxygens (including phenoxy) is 3. The largest absolute Gasteiger partial charge is 0.507 e. The molecular weight excluding hydrogens is 707 g/mol. The van der Waals surface area contributed by atoms with Crippen LogP contribution in [0.25, 0.3) is 56.4 Å². The van der Waals surface area contributed by atoms with Crippen LogP contribution in [0.4, 0.5) is 0 Å². The zero-order valence-corrected chi connectivity index (χ0v) is 31.1. The zero-order valence-electron chi connectivity index (χ0n) is 31.1. The third-order valence-electron chi connectivity index (χ3n) is 8.81. The van der Waals surface area contributed by atoms with E-state index in [0.717, 1.165) is 33.4 Å².